The van der Waals surface area contributed by atoms with E-state index in [0.717, 1.165) is 18.7 Å². The van der Waals surface area contributed by atoms with Crippen LogP contribution in [-0.2, 0) is 6.54 Å². The topological polar surface area (TPSA) is 12.0 Å². The third kappa shape index (κ3) is 6.54. The quantitative estimate of drug-likeness (QED) is 0.754. The molecule has 0 aliphatic heterocycles. The number of rotatable bonds is 5. The van der Waals surface area contributed by atoms with Gasteiger partial charge in [-0.2, -0.15) is 12.6 Å². The van der Waals surface area contributed by atoms with E-state index in [2.05, 4.69) is 75.1 Å². The largest absolute Gasteiger partial charge is 0.308 e. The molecule has 0 aliphatic rings. The normalized spacial score (nSPS) is 12.2. The minimum Gasteiger partial charge on any atom is -0.308 e. The zero-order chi connectivity index (χ0) is 12.7. The van der Waals surface area contributed by atoms with Gasteiger partial charge in [0.2, 0.25) is 0 Å². The summed E-state index contributed by atoms with van der Waals surface area (Å²) in [6, 6.07) is 8.68. The van der Waals surface area contributed by atoms with E-state index >= 15 is 0 Å². The average molecular weight is 249 g/mol. The van der Waals surface area contributed by atoms with E-state index in [4.69, 9.17) is 0 Å². The molecular formula is C15H23NS. The molecule has 2 heteroatoms. The molecule has 0 spiro atoms. The Bertz CT molecular complexity index is 346. The summed E-state index contributed by atoms with van der Waals surface area (Å²) in [6.45, 7) is 7.47. The highest BCUT2D eigenvalue weighted by atomic mass is 32.1. The van der Waals surface area contributed by atoms with Crippen molar-refractivity contribution in [1.82, 2.24) is 5.32 Å². The fourth-order valence-electron chi connectivity index (χ4n) is 1.41. The van der Waals surface area contributed by atoms with Crippen LogP contribution in [0.15, 0.2) is 30.3 Å². The predicted molar refractivity (Wildman–Crippen MR) is 80.5 cm³/mol. The maximum absolute atomic E-state index is 4.18. The van der Waals surface area contributed by atoms with Gasteiger partial charge < -0.3 is 5.32 Å². The standard InChI is InChI=1S/C15H23NS/c1-15(2,3)16-12-14-9-7-13(8-10-14)6-4-5-11-17/h4,6-10,16-17H,5,11-12H2,1-3H3. The fraction of sp³-hybridized carbons (Fsp3) is 0.467. The molecule has 0 fully saturated rings. The molecule has 1 aromatic carbocycles. The maximum atomic E-state index is 4.18. The molecule has 94 valence electrons. The van der Waals surface area contributed by atoms with E-state index in [-0.39, 0.29) is 5.54 Å². The summed E-state index contributed by atoms with van der Waals surface area (Å²) in [6.07, 6.45) is 5.34. The molecule has 17 heavy (non-hydrogen) atoms. The second kappa shape index (κ2) is 6.87. The number of thiol groups is 1. The lowest BCUT2D eigenvalue weighted by atomic mass is 10.1. The van der Waals surface area contributed by atoms with Gasteiger partial charge >= 0.3 is 0 Å². The van der Waals surface area contributed by atoms with Crippen LogP contribution in [0.5, 0.6) is 0 Å². The third-order valence-electron chi connectivity index (χ3n) is 2.41. The third-order valence-corrected chi connectivity index (χ3v) is 2.67. The van der Waals surface area contributed by atoms with E-state index < -0.39 is 0 Å². The lowest BCUT2D eigenvalue weighted by Crippen LogP contribution is -2.35. The van der Waals surface area contributed by atoms with Crippen molar-refractivity contribution in [2.24, 2.45) is 0 Å². The summed E-state index contributed by atoms with van der Waals surface area (Å²) in [7, 11) is 0. The van der Waals surface area contributed by atoms with Gasteiger partial charge in [-0.15, -0.1) is 0 Å². The molecule has 1 aromatic rings. The molecule has 0 heterocycles. The number of hydrogen-bond donors (Lipinski definition) is 2. The van der Waals surface area contributed by atoms with Crippen LogP contribution in [0.25, 0.3) is 6.08 Å². The Morgan fingerprint density at radius 1 is 1.18 bits per heavy atom. The van der Waals surface area contributed by atoms with Gasteiger partial charge in [0.1, 0.15) is 0 Å². The smallest absolute Gasteiger partial charge is 0.0210 e. The monoisotopic (exact) mass is 249 g/mol. The van der Waals surface area contributed by atoms with Crippen molar-refractivity contribution in [3.63, 3.8) is 0 Å². The van der Waals surface area contributed by atoms with Crippen molar-refractivity contribution >= 4 is 18.7 Å². The van der Waals surface area contributed by atoms with E-state index in [0.29, 0.717) is 0 Å². The van der Waals surface area contributed by atoms with Crippen LogP contribution in [-0.4, -0.2) is 11.3 Å². The van der Waals surface area contributed by atoms with Crippen molar-refractivity contribution in [2.75, 3.05) is 5.75 Å². The number of allylic oxidation sites excluding steroid dienone is 1. The average Bonchev–Trinajstić information content (AvgIpc) is 2.27. The van der Waals surface area contributed by atoms with Gasteiger partial charge in [0.15, 0.2) is 0 Å². The predicted octanol–water partition coefficient (Wildman–Crippen LogP) is 3.91. The summed E-state index contributed by atoms with van der Waals surface area (Å²) < 4.78 is 0. The molecule has 0 atom stereocenters. The molecule has 0 amide bonds. The van der Waals surface area contributed by atoms with Gasteiger partial charge in [-0.25, -0.2) is 0 Å². The Morgan fingerprint density at radius 2 is 1.82 bits per heavy atom. The molecule has 0 saturated heterocycles. The van der Waals surface area contributed by atoms with Crippen molar-refractivity contribution in [3.8, 4) is 0 Å². The van der Waals surface area contributed by atoms with Crippen molar-refractivity contribution in [3.05, 3.63) is 41.5 Å². The number of nitrogens with one attached hydrogen (secondary N) is 1. The minimum atomic E-state index is 0.172. The lowest BCUT2D eigenvalue weighted by Gasteiger charge is -2.20. The molecule has 0 aromatic heterocycles. The molecule has 1 nitrogen and oxygen atoms in total. The molecule has 0 saturated carbocycles. The van der Waals surface area contributed by atoms with E-state index in [1.807, 2.05) is 0 Å². The molecule has 0 bridgehead atoms. The van der Waals surface area contributed by atoms with E-state index in [9.17, 15) is 0 Å². The fourth-order valence-corrected chi connectivity index (χ4v) is 1.56. The van der Waals surface area contributed by atoms with Gasteiger partial charge in [0.05, 0.1) is 0 Å². The summed E-state index contributed by atoms with van der Waals surface area (Å²) >= 11 is 4.18. The van der Waals surface area contributed by atoms with Gasteiger partial charge in [0.25, 0.3) is 0 Å². The van der Waals surface area contributed by atoms with Crippen LogP contribution in [0.3, 0.4) is 0 Å². The van der Waals surface area contributed by atoms with Crippen molar-refractivity contribution in [1.29, 1.82) is 0 Å². The maximum Gasteiger partial charge on any atom is 0.0210 e. The summed E-state index contributed by atoms with van der Waals surface area (Å²) in [5.41, 5.74) is 2.75. The molecule has 1 N–H and O–H groups in total. The first kappa shape index (κ1) is 14.3. The van der Waals surface area contributed by atoms with Gasteiger partial charge in [0, 0.05) is 12.1 Å². The Morgan fingerprint density at radius 3 is 2.35 bits per heavy atom. The Hall–Kier alpha value is -0.730. The Balaban J connectivity index is 2.50. The Labute approximate surface area is 111 Å². The SMILES string of the molecule is CC(C)(C)NCc1ccc(C=CCCS)cc1. The number of benzene rings is 1. The van der Waals surface area contributed by atoms with Gasteiger partial charge in [-0.05, 0) is 44.1 Å². The highest BCUT2D eigenvalue weighted by molar-refractivity contribution is 7.80. The van der Waals surface area contributed by atoms with Crippen LogP contribution in [0.2, 0.25) is 0 Å². The second-order valence-corrected chi connectivity index (χ2v) is 5.71. The first-order chi connectivity index (χ1) is 8.01. The Kier molecular flexibility index (Phi) is 5.79. The van der Waals surface area contributed by atoms with Crippen LogP contribution in [0.4, 0.5) is 0 Å². The van der Waals surface area contributed by atoms with E-state index in [1.165, 1.54) is 11.1 Å². The van der Waals surface area contributed by atoms with Crippen LogP contribution < -0.4 is 5.32 Å². The molecule has 0 radical (unpaired) electrons. The van der Waals surface area contributed by atoms with Crippen molar-refractivity contribution < 1.29 is 0 Å². The van der Waals surface area contributed by atoms with Crippen LogP contribution >= 0.6 is 12.6 Å². The van der Waals surface area contributed by atoms with E-state index in [1.54, 1.807) is 0 Å². The van der Waals surface area contributed by atoms with Crippen LogP contribution in [0, 0.1) is 0 Å². The molecular weight excluding hydrogens is 226 g/mol. The lowest BCUT2D eigenvalue weighted by molar-refractivity contribution is 0.424. The summed E-state index contributed by atoms with van der Waals surface area (Å²) in [5, 5.41) is 3.48. The van der Waals surface area contributed by atoms with Gasteiger partial charge in [-0.3, -0.25) is 0 Å². The minimum absolute atomic E-state index is 0.172. The van der Waals surface area contributed by atoms with Gasteiger partial charge in [-0.1, -0.05) is 36.4 Å². The summed E-state index contributed by atoms with van der Waals surface area (Å²) in [5.74, 6) is 0.907. The molecule has 0 aliphatic carbocycles. The first-order valence-electron chi connectivity index (χ1n) is 6.12. The molecule has 1 rings (SSSR count). The second-order valence-electron chi connectivity index (χ2n) is 5.26. The molecule has 0 unspecified atom stereocenters. The zero-order valence-electron chi connectivity index (χ0n) is 11.0. The first-order valence-corrected chi connectivity index (χ1v) is 6.76. The highest BCUT2D eigenvalue weighted by Gasteiger charge is 2.07. The summed E-state index contributed by atoms with van der Waals surface area (Å²) in [4.78, 5) is 0. The van der Waals surface area contributed by atoms with Crippen molar-refractivity contribution in [2.45, 2.75) is 39.3 Å². The zero-order valence-corrected chi connectivity index (χ0v) is 11.9. The highest BCUT2D eigenvalue weighted by Crippen LogP contribution is 2.08. The number of hydrogen-bond acceptors (Lipinski definition) is 2. The van der Waals surface area contributed by atoms with Crippen LogP contribution in [0.1, 0.15) is 38.3 Å².